The molecule has 0 aromatic heterocycles. The third kappa shape index (κ3) is 10.2. The molecule has 0 aromatic carbocycles. The van der Waals surface area contributed by atoms with E-state index in [1.54, 1.807) is 14.1 Å². The maximum atomic E-state index is 10.5. The largest absolute Gasteiger partial charge is 1.00 e. The first-order chi connectivity index (χ1) is 5.77. The van der Waals surface area contributed by atoms with E-state index in [1.165, 1.54) is 0 Å². The van der Waals surface area contributed by atoms with Gasteiger partial charge in [-0.2, -0.15) is 8.42 Å². The van der Waals surface area contributed by atoms with Gasteiger partial charge in [-0.3, -0.25) is 9.81 Å². The molecule has 0 aliphatic rings. The van der Waals surface area contributed by atoms with E-state index >= 15 is 0 Å². The predicted octanol–water partition coefficient (Wildman–Crippen LogP) is -3.21. The number of hydrogen-bond acceptors (Lipinski definition) is 4. The molecule has 0 radical (unpaired) electrons. The predicted molar refractivity (Wildman–Crippen MR) is 46.6 cm³/mol. The van der Waals surface area contributed by atoms with Gasteiger partial charge in [-0.05, 0) is 0 Å². The maximum Gasteiger partial charge on any atom is 0.316 e. The van der Waals surface area contributed by atoms with E-state index in [0.29, 0.717) is 13.0 Å². The standard InChI is InChI=1S/C6H15NO5S.ClH/c1-7(2,4-3-5-12-8)6-13(9,10)11;/h3-6H2,1-2H3,(H-,8,9,10,11);1H. The van der Waals surface area contributed by atoms with E-state index in [4.69, 9.17) is 9.81 Å². The van der Waals surface area contributed by atoms with Crippen molar-refractivity contribution in [2.24, 2.45) is 0 Å². The molecule has 0 bridgehead atoms. The summed E-state index contributed by atoms with van der Waals surface area (Å²) in [7, 11) is -0.607. The summed E-state index contributed by atoms with van der Waals surface area (Å²) in [5, 5.41) is 8.02. The molecule has 0 spiro atoms. The maximum absolute atomic E-state index is 10.5. The molecule has 6 nitrogen and oxygen atoms in total. The summed E-state index contributed by atoms with van der Waals surface area (Å²) >= 11 is 0. The average Bonchev–Trinajstić information content (AvgIpc) is 1.81. The van der Waals surface area contributed by atoms with Crippen LogP contribution in [-0.2, 0) is 15.0 Å². The van der Waals surface area contributed by atoms with Gasteiger partial charge in [0.05, 0.1) is 27.2 Å². The molecule has 0 rings (SSSR count). The van der Waals surface area contributed by atoms with Gasteiger partial charge >= 0.3 is 10.1 Å². The van der Waals surface area contributed by atoms with Crippen LogP contribution in [0.2, 0.25) is 0 Å². The molecule has 0 aliphatic carbocycles. The highest BCUT2D eigenvalue weighted by Gasteiger charge is 2.22. The zero-order chi connectivity index (χ0) is 10.5. The van der Waals surface area contributed by atoms with Crippen molar-refractivity contribution in [3.8, 4) is 0 Å². The molecule has 14 heavy (non-hydrogen) atoms. The third-order valence-corrected chi connectivity index (χ3v) is 2.54. The van der Waals surface area contributed by atoms with Gasteiger partial charge in [0.15, 0.2) is 0 Å². The number of halogens is 1. The van der Waals surface area contributed by atoms with Crippen molar-refractivity contribution in [3.63, 3.8) is 0 Å². The lowest BCUT2D eigenvalue weighted by molar-refractivity contribution is -0.879. The zero-order valence-electron chi connectivity index (χ0n) is 8.18. The second-order valence-electron chi connectivity index (χ2n) is 3.56. The van der Waals surface area contributed by atoms with Gasteiger partial charge < -0.3 is 16.9 Å². The van der Waals surface area contributed by atoms with Gasteiger partial charge in [-0.25, -0.2) is 4.89 Å². The number of quaternary nitrogens is 1. The van der Waals surface area contributed by atoms with Gasteiger partial charge in [0, 0.05) is 6.42 Å². The Morgan fingerprint density at radius 1 is 1.36 bits per heavy atom. The van der Waals surface area contributed by atoms with Crippen molar-refractivity contribution in [2.45, 2.75) is 6.42 Å². The minimum atomic E-state index is -3.95. The van der Waals surface area contributed by atoms with E-state index in [-0.39, 0.29) is 29.4 Å². The van der Waals surface area contributed by atoms with Crippen molar-refractivity contribution in [3.05, 3.63) is 0 Å². The molecule has 0 aliphatic heterocycles. The van der Waals surface area contributed by atoms with E-state index < -0.39 is 10.1 Å². The normalized spacial score (nSPS) is 12.3. The van der Waals surface area contributed by atoms with Crippen molar-refractivity contribution in [2.75, 3.05) is 33.1 Å². The van der Waals surface area contributed by atoms with Gasteiger partial charge in [-0.1, -0.05) is 0 Å². The monoisotopic (exact) mass is 249 g/mol. The van der Waals surface area contributed by atoms with Crippen molar-refractivity contribution in [1.82, 2.24) is 0 Å². The van der Waals surface area contributed by atoms with Crippen LogP contribution in [0.25, 0.3) is 0 Å². The molecule has 0 saturated heterocycles. The number of rotatable bonds is 6. The quantitative estimate of drug-likeness (QED) is 0.170. The summed E-state index contributed by atoms with van der Waals surface area (Å²) in [5.74, 6) is -0.335. The van der Waals surface area contributed by atoms with E-state index in [1.807, 2.05) is 0 Å². The molecule has 0 unspecified atom stereocenters. The minimum Gasteiger partial charge on any atom is -1.00 e. The summed E-state index contributed by atoms with van der Waals surface area (Å²) in [6.45, 7) is 0.660. The van der Waals surface area contributed by atoms with Crippen LogP contribution in [0.4, 0.5) is 0 Å². The molecule has 2 N–H and O–H groups in total. The van der Waals surface area contributed by atoms with Gasteiger partial charge in [0.25, 0.3) is 0 Å². The fourth-order valence-corrected chi connectivity index (χ4v) is 2.08. The highest BCUT2D eigenvalue weighted by Crippen LogP contribution is 2.02. The SMILES string of the molecule is C[N+](C)(CCCOO)CS(=O)(=O)O.[Cl-]. The molecule has 0 aromatic rings. The third-order valence-electron chi connectivity index (χ3n) is 1.51. The fourth-order valence-electron chi connectivity index (χ4n) is 1.06. The molecular weight excluding hydrogens is 234 g/mol. The van der Waals surface area contributed by atoms with Crippen LogP contribution in [0.3, 0.4) is 0 Å². The Morgan fingerprint density at radius 3 is 2.21 bits per heavy atom. The van der Waals surface area contributed by atoms with Gasteiger partial charge in [-0.15, -0.1) is 0 Å². The topological polar surface area (TPSA) is 83.8 Å². The lowest BCUT2D eigenvalue weighted by Gasteiger charge is -2.27. The highest BCUT2D eigenvalue weighted by atomic mass is 35.5. The minimum absolute atomic E-state index is 0. The van der Waals surface area contributed by atoms with Crippen molar-refractivity contribution >= 4 is 10.1 Å². The first-order valence-electron chi connectivity index (χ1n) is 3.80. The molecule has 88 valence electrons. The van der Waals surface area contributed by atoms with Crippen LogP contribution in [0.15, 0.2) is 0 Å². The van der Waals surface area contributed by atoms with E-state index in [2.05, 4.69) is 4.89 Å². The Morgan fingerprint density at radius 2 is 1.86 bits per heavy atom. The Labute approximate surface area is 90.2 Å². The fraction of sp³-hybridized carbons (Fsp3) is 1.00. The Bertz CT molecular complexity index is 241. The van der Waals surface area contributed by atoms with Crippen LogP contribution < -0.4 is 12.4 Å². The van der Waals surface area contributed by atoms with Gasteiger partial charge in [0.2, 0.25) is 5.88 Å². The Kier molecular flexibility index (Phi) is 7.71. The van der Waals surface area contributed by atoms with Crippen LogP contribution in [0.5, 0.6) is 0 Å². The lowest BCUT2D eigenvalue weighted by Crippen LogP contribution is -3.00. The van der Waals surface area contributed by atoms with Gasteiger partial charge in [0.1, 0.15) is 0 Å². The van der Waals surface area contributed by atoms with Crippen LogP contribution in [-0.4, -0.2) is 55.8 Å². The highest BCUT2D eigenvalue weighted by molar-refractivity contribution is 7.85. The van der Waals surface area contributed by atoms with Crippen LogP contribution in [0.1, 0.15) is 6.42 Å². The molecule has 0 fully saturated rings. The second-order valence-corrected chi connectivity index (χ2v) is 4.98. The summed E-state index contributed by atoms with van der Waals surface area (Å²) < 4.78 is 29.8. The van der Waals surface area contributed by atoms with E-state index in [9.17, 15) is 8.42 Å². The number of hydrogen-bond donors (Lipinski definition) is 2. The summed E-state index contributed by atoms with van der Waals surface area (Å²) in [4.78, 5) is 3.85. The van der Waals surface area contributed by atoms with Crippen molar-refractivity contribution in [1.29, 1.82) is 0 Å². The zero-order valence-corrected chi connectivity index (χ0v) is 9.75. The summed E-state index contributed by atoms with van der Waals surface area (Å²) in [6, 6.07) is 0. The molecule has 0 amide bonds. The van der Waals surface area contributed by atoms with Crippen molar-refractivity contribution < 1.29 is 40.0 Å². The molecular formula is C6H16ClNO5S. The molecule has 0 atom stereocenters. The number of nitrogens with zero attached hydrogens (tertiary/aromatic N) is 1. The first kappa shape index (κ1) is 16.5. The second kappa shape index (κ2) is 6.54. The van der Waals surface area contributed by atoms with E-state index in [0.717, 1.165) is 0 Å². The smallest absolute Gasteiger partial charge is 0.316 e. The van der Waals surface area contributed by atoms with Crippen LogP contribution >= 0.6 is 0 Å². The summed E-state index contributed by atoms with van der Waals surface area (Å²) in [6.07, 6.45) is 0.527. The summed E-state index contributed by atoms with van der Waals surface area (Å²) in [5.41, 5.74) is 0. The Hall–Kier alpha value is 0.0800. The first-order valence-corrected chi connectivity index (χ1v) is 5.41. The lowest BCUT2D eigenvalue weighted by atomic mass is 10.4. The average molecular weight is 250 g/mol. The Balaban J connectivity index is 0. The molecule has 0 saturated carbocycles. The van der Waals surface area contributed by atoms with Crippen LogP contribution in [0, 0.1) is 0 Å². The molecule has 8 heteroatoms. The molecule has 0 heterocycles.